The highest BCUT2D eigenvalue weighted by atomic mass is 16.5. The predicted molar refractivity (Wildman–Crippen MR) is 65.6 cm³/mol. The van der Waals surface area contributed by atoms with Crippen molar-refractivity contribution in [1.29, 1.82) is 0 Å². The van der Waals surface area contributed by atoms with Crippen LogP contribution in [0.2, 0.25) is 0 Å². The number of pyridine rings is 1. The van der Waals surface area contributed by atoms with Crippen molar-refractivity contribution < 1.29 is 9.53 Å². The van der Waals surface area contributed by atoms with E-state index >= 15 is 0 Å². The number of esters is 1. The van der Waals surface area contributed by atoms with E-state index in [4.69, 9.17) is 5.73 Å². The molecule has 92 valence electrons. The molecule has 6 nitrogen and oxygen atoms in total. The van der Waals surface area contributed by atoms with E-state index < -0.39 is 5.97 Å². The Morgan fingerprint density at radius 2 is 2.12 bits per heavy atom. The fourth-order valence-corrected chi connectivity index (χ4v) is 1.32. The van der Waals surface area contributed by atoms with E-state index in [1.54, 1.807) is 17.7 Å². The number of nitrogen functional groups attached to an aromatic ring is 1. The molecule has 2 rings (SSSR count). The van der Waals surface area contributed by atoms with Crippen LogP contribution in [-0.4, -0.2) is 27.6 Å². The van der Waals surface area contributed by atoms with Gasteiger partial charge >= 0.3 is 5.97 Å². The molecule has 0 spiro atoms. The van der Waals surface area contributed by atoms with Crippen molar-refractivity contribution in [3.63, 3.8) is 0 Å². The fourth-order valence-electron chi connectivity index (χ4n) is 1.32. The Morgan fingerprint density at radius 3 is 2.71 bits per heavy atom. The van der Waals surface area contributed by atoms with Gasteiger partial charge in [-0.15, -0.1) is 0 Å². The molecule has 2 aromatic rings. The number of carbonyl (C=O) groups excluding carboxylic acids is 1. The van der Waals surface area contributed by atoms with Gasteiger partial charge in [0.1, 0.15) is 5.52 Å². The maximum Gasteiger partial charge on any atom is 0.339 e. The molecule has 6 heteroatoms. The van der Waals surface area contributed by atoms with Gasteiger partial charge in [0.2, 0.25) is 5.95 Å². The Kier molecular flexibility index (Phi) is 4.03. The maximum atomic E-state index is 11.2. The van der Waals surface area contributed by atoms with Crippen molar-refractivity contribution >= 4 is 23.1 Å². The van der Waals surface area contributed by atoms with Crippen molar-refractivity contribution in [3.05, 3.63) is 17.8 Å². The van der Waals surface area contributed by atoms with E-state index in [9.17, 15) is 4.79 Å². The Hall–Kier alpha value is -2.11. The van der Waals surface area contributed by atoms with Crippen molar-refractivity contribution in [3.8, 4) is 0 Å². The van der Waals surface area contributed by atoms with Gasteiger partial charge in [-0.05, 0) is 6.07 Å². The first-order chi connectivity index (χ1) is 8.13. The highest BCUT2D eigenvalue weighted by Crippen LogP contribution is 2.15. The van der Waals surface area contributed by atoms with Crippen LogP contribution in [0.1, 0.15) is 24.2 Å². The molecule has 0 atom stereocenters. The molecule has 0 amide bonds. The number of ether oxygens (including phenoxy) is 1. The summed E-state index contributed by atoms with van der Waals surface area (Å²) < 4.78 is 6.23. The van der Waals surface area contributed by atoms with E-state index in [1.807, 2.05) is 13.8 Å². The first-order valence-electron chi connectivity index (χ1n) is 5.29. The van der Waals surface area contributed by atoms with E-state index in [2.05, 4.69) is 14.7 Å². The topological polar surface area (TPSA) is 83.0 Å². The van der Waals surface area contributed by atoms with Gasteiger partial charge in [0, 0.05) is 13.2 Å². The van der Waals surface area contributed by atoms with Gasteiger partial charge in [-0.2, -0.15) is 0 Å². The quantitative estimate of drug-likeness (QED) is 0.756. The Bertz CT molecular complexity index is 533. The molecule has 0 aliphatic rings. The van der Waals surface area contributed by atoms with Crippen LogP contribution in [-0.2, 0) is 11.8 Å². The Balaban J connectivity index is 0.000000686. The molecule has 0 unspecified atom stereocenters. The first kappa shape index (κ1) is 13.0. The second-order valence-electron chi connectivity index (χ2n) is 3.09. The van der Waals surface area contributed by atoms with Crippen LogP contribution in [0.15, 0.2) is 12.3 Å². The van der Waals surface area contributed by atoms with Gasteiger partial charge in [-0.3, -0.25) is 4.57 Å². The van der Waals surface area contributed by atoms with Crippen molar-refractivity contribution in [2.75, 3.05) is 12.8 Å². The van der Waals surface area contributed by atoms with Gasteiger partial charge in [0.05, 0.1) is 12.7 Å². The zero-order valence-corrected chi connectivity index (χ0v) is 10.4. The summed E-state index contributed by atoms with van der Waals surface area (Å²) in [5.74, 6) is -0.0758. The molecule has 0 saturated carbocycles. The highest BCUT2D eigenvalue weighted by molar-refractivity contribution is 5.92. The lowest BCUT2D eigenvalue weighted by Gasteiger charge is -1.98. The predicted octanol–water partition coefficient (Wildman–Crippen LogP) is 1.36. The standard InChI is InChI=1S/C9H10N4O2.C2H6/c1-13-7-6(12-9(13)10)3-5(4-11-7)8(14)15-2;1-2/h3-4H,1-2H3,(H2,10,12);1-2H3. The molecule has 0 aromatic carbocycles. The molecule has 0 bridgehead atoms. The Labute approximate surface area is 99.4 Å². The van der Waals surface area contributed by atoms with Crippen molar-refractivity contribution in [1.82, 2.24) is 14.5 Å². The summed E-state index contributed by atoms with van der Waals surface area (Å²) in [6.07, 6.45) is 1.44. The number of rotatable bonds is 1. The second-order valence-corrected chi connectivity index (χ2v) is 3.09. The molecule has 2 N–H and O–H groups in total. The number of nitrogens with two attached hydrogens (primary N) is 1. The molecule has 0 aliphatic carbocycles. The molecular weight excluding hydrogens is 220 g/mol. The summed E-state index contributed by atoms with van der Waals surface area (Å²) >= 11 is 0. The van der Waals surface area contributed by atoms with Crippen LogP contribution in [0.25, 0.3) is 11.2 Å². The number of aromatic nitrogens is 3. The summed E-state index contributed by atoms with van der Waals surface area (Å²) in [5.41, 5.74) is 7.19. The maximum absolute atomic E-state index is 11.2. The van der Waals surface area contributed by atoms with Crippen LogP contribution in [0, 0.1) is 0 Å². The first-order valence-corrected chi connectivity index (χ1v) is 5.29. The molecule has 2 heterocycles. The fraction of sp³-hybridized carbons (Fsp3) is 0.364. The Morgan fingerprint density at radius 1 is 1.47 bits per heavy atom. The molecule has 0 aliphatic heterocycles. The summed E-state index contributed by atoms with van der Waals surface area (Å²) in [6.45, 7) is 4.00. The van der Waals surface area contributed by atoms with Crippen molar-refractivity contribution in [2.24, 2.45) is 7.05 Å². The summed E-state index contributed by atoms with van der Waals surface area (Å²) in [6, 6.07) is 1.60. The van der Waals surface area contributed by atoms with Crippen LogP contribution in [0.3, 0.4) is 0 Å². The molecule has 2 aromatic heterocycles. The van der Waals surface area contributed by atoms with Crippen molar-refractivity contribution in [2.45, 2.75) is 13.8 Å². The van der Waals surface area contributed by atoms with Gasteiger partial charge in [-0.1, -0.05) is 13.8 Å². The minimum Gasteiger partial charge on any atom is -0.465 e. The van der Waals surface area contributed by atoms with Gasteiger partial charge in [-0.25, -0.2) is 14.8 Å². The lowest BCUT2D eigenvalue weighted by molar-refractivity contribution is 0.0600. The molecule has 0 radical (unpaired) electrons. The summed E-state index contributed by atoms with van der Waals surface area (Å²) in [7, 11) is 3.08. The smallest absolute Gasteiger partial charge is 0.339 e. The van der Waals surface area contributed by atoms with Crippen LogP contribution < -0.4 is 5.73 Å². The third-order valence-corrected chi connectivity index (χ3v) is 2.16. The molecule has 17 heavy (non-hydrogen) atoms. The summed E-state index contributed by atoms with van der Waals surface area (Å²) in [4.78, 5) is 19.4. The number of nitrogens with zero attached hydrogens (tertiary/aromatic N) is 3. The molecule has 0 fully saturated rings. The van der Waals surface area contributed by atoms with Gasteiger partial charge in [0.15, 0.2) is 5.65 Å². The third-order valence-electron chi connectivity index (χ3n) is 2.16. The zero-order chi connectivity index (χ0) is 13.0. The van der Waals surface area contributed by atoms with Crippen LogP contribution in [0.4, 0.5) is 5.95 Å². The van der Waals surface area contributed by atoms with Crippen LogP contribution >= 0.6 is 0 Å². The lowest BCUT2D eigenvalue weighted by atomic mass is 10.3. The minimum absolute atomic E-state index is 0.361. The minimum atomic E-state index is -0.436. The molecule has 0 saturated heterocycles. The number of carbonyl (C=O) groups is 1. The van der Waals surface area contributed by atoms with Gasteiger partial charge < -0.3 is 10.5 Å². The van der Waals surface area contributed by atoms with E-state index in [0.717, 1.165) is 0 Å². The second kappa shape index (κ2) is 5.29. The zero-order valence-electron chi connectivity index (χ0n) is 10.4. The normalized spacial score (nSPS) is 9.65. The monoisotopic (exact) mass is 236 g/mol. The average molecular weight is 236 g/mol. The van der Waals surface area contributed by atoms with E-state index in [0.29, 0.717) is 22.7 Å². The van der Waals surface area contributed by atoms with E-state index in [1.165, 1.54) is 13.3 Å². The van der Waals surface area contributed by atoms with Crippen LogP contribution in [0.5, 0.6) is 0 Å². The summed E-state index contributed by atoms with van der Waals surface area (Å²) in [5, 5.41) is 0. The molecular formula is C11H16N4O2. The van der Waals surface area contributed by atoms with Gasteiger partial charge in [0.25, 0.3) is 0 Å². The van der Waals surface area contributed by atoms with E-state index in [-0.39, 0.29) is 0 Å². The number of anilines is 1. The number of hydrogen-bond acceptors (Lipinski definition) is 5. The number of methoxy groups -OCH3 is 1. The number of imidazole rings is 1. The lowest BCUT2D eigenvalue weighted by Crippen LogP contribution is -2.02. The number of hydrogen-bond donors (Lipinski definition) is 1. The number of aryl methyl sites for hydroxylation is 1. The third kappa shape index (κ3) is 2.35. The average Bonchev–Trinajstić information content (AvgIpc) is 2.66. The SMILES string of the molecule is CC.COC(=O)c1cnc2c(c1)nc(N)n2C. The number of fused-ring (bicyclic) bond motifs is 1. The highest BCUT2D eigenvalue weighted by Gasteiger charge is 2.11. The largest absolute Gasteiger partial charge is 0.465 e.